The molecule has 0 aromatic heterocycles. The lowest BCUT2D eigenvalue weighted by Gasteiger charge is -2.20. The van der Waals surface area contributed by atoms with Crippen LogP contribution in [0, 0.1) is 5.92 Å². The molecule has 1 amide bonds. The van der Waals surface area contributed by atoms with Crippen molar-refractivity contribution in [3.63, 3.8) is 0 Å². The molecule has 0 spiro atoms. The normalized spacial score (nSPS) is 19.4. The summed E-state index contributed by atoms with van der Waals surface area (Å²) < 4.78 is 10.6. The summed E-state index contributed by atoms with van der Waals surface area (Å²) in [7, 11) is 1.63. The first-order valence-electron chi connectivity index (χ1n) is 8.89. The smallest absolute Gasteiger partial charge is 0.339 e. The summed E-state index contributed by atoms with van der Waals surface area (Å²) in [6.45, 7) is 0. The lowest BCUT2D eigenvalue weighted by atomic mass is 10.0. The zero-order chi connectivity index (χ0) is 18.1. The summed E-state index contributed by atoms with van der Waals surface area (Å²) in [6.07, 6.45) is 1.85. The number of cyclic esters (lactones) is 1. The molecule has 4 rings (SSSR count). The molecule has 2 aromatic carbocycles. The number of hydrogen-bond donors (Lipinski definition) is 1. The van der Waals surface area contributed by atoms with Crippen molar-refractivity contribution in [1.82, 2.24) is 5.32 Å². The first kappa shape index (κ1) is 16.6. The Morgan fingerprint density at radius 1 is 1.19 bits per heavy atom. The molecule has 1 N–H and O–H groups in total. The van der Waals surface area contributed by atoms with E-state index in [9.17, 15) is 9.59 Å². The van der Waals surface area contributed by atoms with Crippen molar-refractivity contribution in [2.24, 2.45) is 5.92 Å². The molecular formula is C21H21NO4. The average Bonchev–Trinajstić information content (AvgIpc) is 3.46. The first-order chi connectivity index (χ1) is 12.7. The predicted molar refractivity (Wildman–Crippen MR) is 95.8 cm³/mol. The number of rotatable bonds is 6. The molecule has 0 unspecified atom stereocenters. The summed E-state index contributed by atoms with van der Waals surface area (Å²) in [5, 5.41) is 3.13. The minimum absolute atomic E-state index is 0.0132. The maximum absolute atomic E-state index is 12.6. The standard InChI is InChI=1S/C21H21NO4/c1-25-15-10-8-14(9-11-15)20(13-6-7-13)22-19(23)12-18-16-4-2-3-5-17(16)21(24)26-18/h2-5,8-11,13,18,20H,6-7,12H2,1H3,(H,22,23)/t18-,20+/m0/s1. The van der Waals surface area contributed by atoms with Crippen molar-refractivity contribution < 1.29 is 19.1 Å². The van der Waals surface area contributed by atoms with E-state index in [-0.39, 0.29) is 24.3 Å². The fourth-order valence-corrected chi connectivity index (χ4v) is 3.49. The van der Waals surface area contributed by atoms with Crippen molar-refractivity contribution in [3.05, 3.63) is 65.2 Å². The maximum Gasteiger partial charge on any atom is 0.339 e. The number of ether oxygens (including phenoxy) is 2. The second-order valence-electron chi connectivity index (χ2n) is 6.84. The molecule has 26 heavy (non-hydrogen) atoms. The van der Waals surface area contributed by atoms with Crippen LogP contribution in [0.1, 0.15) is 52.9 Å². The van der Waals surface area contributed by atoms with Crippen LogP contribution >= 0.6 is 0 Å². The van der Waals surface area contributed by atoms with Crippen LogP contribution in [0.25, 0.3) is 0 Å². The second kappa shape index (κ2) is 6.83. The zero-order valence-electron chi connectivity index (χ0n) is 14.6. The van der Waals surface area contributed by atoms with Gasteiger partial charge < -0.3 is 14.8 Å². The fourth-order valence-electron chi connectivity index (χ4n) is 3.49. The molecule has 0 bridgehead atoms. The van der Waals surface area contributed by atoms with E-state index >= 15 is 0 Å². The van der Waals surface area contributed by atoms with Gasteiger partial charge in [-0.2, -0.15) is 0 Å². The Morgan fingerprint density at radius 3 is 2.62 bits per heavy atom. The molecule has 2 aromatic rings. The molecule has 2 atom stereocenters. The molecule has 5 heteroatoms. The Balaban J connectivity index is 1.45. The van der Waals surface area contributed by atoms with E-state index in [2.05, 4.69) is 5.32 Å². The highest BCUT2D eigenvalue weighted by molar-refractivity contribution is 5.94. The molecular weight excluding hydrogens is 330 g/mol. The van der Waals surface area contributed by atoms with Gasteiger partial charge in [0.2, 0.25) is 5.91 Å². The monoisotopic (exact) mass is 351 g/mol. The largest absolute Gasteiger partial charge is 0.497 e. The number of nitrogens with one attached hydrogen (secondary N) is 1. The van der Waals surface area contributed by atoms with E-state index in [0.717, 1.165) is 29.7 Å². The van der Waals surface area contributed by atoms with Crippen molar-refractivity contribution in [2.45, 2.75) is 31.4 Å². The third-order valence-electron chi connectivity index (χ3n) is 5.03. The van der Waals surface area contributed by atoms with Gasteiger partial charge in [0.1, 0.15) is 11.9 Å². The van der Waals surface area contributed by atoms with Gasteiger partial charge in [-0.25, -0.2) is 4.79 Å². The number of carbonyl (C=O) groups excluding carboxylic acids is 2. The van der Waals surface area contributed by atoms with Crippen molar-refractivity contribution in [2.75, 3.05) is 7.11 Å². The zero-order valence-corrected chi connectivity index (χ0v) is 14.6. The Hall–Kier alpha value is -2.82. The average molecular weight is 351 g/mol. The van der Waals surface area contributed by atoms with E-state index in [1.165, 1.54) is 0 Å². The van der Waals surface area contributed by atoms with Gasteiger partial charge >= 0.3 is 5.97 Å². The van der Waals surface area contributed by atoms with Crippen LogP contribution in [0.15, 0.2) is 48.5 Å². The molecule has 5 nitrogen and oxygen atoms in total. The summed E-state index contributed by atoms with van der Waals surface area (Å²) in [6, 6.07) is 15.0. The van der Waals surface area contributed by atoms with Crippen LogP contribution in [0.4, 0.5) is 0 Å². The number of amides is 1. The first-order valence-corrected chi connectivity index (χ1v) is 8.89. The highest BCUT2D eigenvalue weighted by atomic mass is 16.5. The molecule has 1 aliphatic carbocycles. The molecule has 1 saturated carbocycles. The second-order valence-corrected chi connectivity index (χ2v) is 6.84. The third-order valence-corrected chi connectivity index (χ3v) is 5.03. The summed E-state index contributed by atoms with van der Waals surface area (Å²) in [5.74, 6) is 0.800. The number of methoxy groups -OCH3 is 1. The Morgan fingerprint density at radius 2 is 1.92 bits per heavy atom. The number of hydrogen-bond acceptors (Lipinski definition) is 4. The Labute approximate surface area is 152 Å². The molecule has 1 aliphatic heterocycles. The maximum atomic E-state index is 12.6. The van der Waals surface area contributed by atoms with Gasteiger partial charge in [-0.15, -0.1) is 0 Å². The van der Waals surface area contributed by atoms with Crippen molar-refractivity contribution in [1.29, 1.82) is 0 Å². The number of carbonyl (C=O) groups is 2. The molecule has 2 aliphatic rings. The van der Waals surface area contributed by atoms with Crippen LogP contribution in [-0.2, 0) is 9.53 Å². The summed E-state index contributed by atoms with van der Waals surface area (Å²) in [5.41, 5.74) is 2.42. The van der Waals surface area contributed by atoms with Gasteiger partial charge in [-0.05, 0) is 42.5 Å². The highest BCUT2D eigenvalue weighted by Crippen LogP contribution is 2.41. The Kier molecular flexibility index (Phi) is 4.37. The van der Waals surface area contributed by atoms with Gasteiger partial charge in [0, 0.05) is 5.56 Å². The minimum atomic E-state index is -0.505. The van der Waals surface area contributed by atoms with Crippen molar-refractivity contribution >= 4 is 11.9 Å². The lowest BCUT2D eigenvalue weighted by molar-refractivity contribution is -0.123. The molecule has 1 fully saturated rings. The lowest BCUT2D eigenvalue weighted by Crippen LogP contribution is -2.31. The van der Waals surface area contributed by atoms with E-state index in [1.54, 1.807) is 19.2 Å². The van der Waals surface area contributed by atoms with Gasteiger partial charge in [0.25, 0.3) is 0 Å². The van der Waals surface area contributed by atoms with Gasteiger partial charge in [0.05, 0.1) is 25.1 Å². The van der Waals surface area contributed by atoms with E-state index < -0.39 is 6.10 Å². The number of esters is 1. The predicted octanol–water partition coefficient (Wildman–Crippen LogP) is 3.56. The topological polar surface area (TPSA) is 64.6 Å². The van der Waals surface area contributed by atoms with Crippen LogP contribution in [0.5, 0.6) is 5.75 Å². The fraction of sp³-hybridized carbons (Fsp3) is 0.333. The van der Waals surface area contributed by atoms with E-state index in [1.807, 2.05) is 36.4 Å². The molecule has 0 saturated heterocycles. The molecule has 1 heterocycles. The highest BCUT2D eigenvalue weighted by Gasteiger charge is 2.36. The van der Waals surface area contributed by atoms with E-state index in [4.69, 9.17) is 9.47 Å². The quantitative estimate of drug-likeness (QED) is 0.808. The van der Waals surface area contributed by atoms with Crippen molar-refractivity contribution in [3.8, 4) is 5.75 Å². The van der Waals surface area contributed by atoms with Gasteiger partial charge in [0.15, 0.2) is 0 Å². The van der Waals surface area contributed by atoms with Gasteiger partial charge in [-0.3, -0.25) is 4.79 Å². The van der Waals surface area contributed by atoms with Gasteiger partial charge in [-0.1, -0.05) is 30.3 Å². The van der Waals surface area contributed by atoms with Crippen LogP contribution in [-0.4, -0.2) is 19.0 Å². The summed E-state index contributed by atoms with van der Waals surface area (Å²) in [4.78, 5) is 24.5. The molecule has 134 valence electrons. The van der Waals surface area contributed by atoms with E-state index in [0.29, 0.717) is 11.5 Å². The number of benzene rings is 2. The van der Waals surface area contributed by atoms with Crippen LogP contribution < -0.4 is 10.1 Å². The SMILES string of the molecule is COc1ccc([C@H](NC(=O)C[C@@H]2OC(=O)c3ccccc32)C2CC2)cc1. The number of fused-ring (bicyclic) bond motifs is 1. The molecule has 0 radical (unpaired) electrons. The van der Waals surface area contributed by atoms with Crippen LogP contribution in [0.3, 0.4) is 0 Å². The third kappa shape index (κ3) is 3.29. The Bertz CT molecular complexity index is 826. The summed E-state index contributed by atoms with van der Waals surface area (Å²) >= 11 is 0. The minimum Gasteiger partial charge on any atom is -0.497 e. The van der Waals surface area contributed by atoms with Crippen LogP contribution in [0.2, 0.25) is 0 Å².